The van der Waals surface area contributed by atoms with Gasteiger partial charge in [-0.15, -0.1) is 0 Å². The van der Waals surface area contributed by atoms with Crippen molar-refractivity contribution in [3.8, 4) is 5.75 Å². The number of carbonyl (C=O) groups is 1. The van der Waals surface area contributed by atoms with E-state index in [2.05, 4.69) is 21.2 Å². The summed E-state index contributed by atoms with van der Waals surface area (Å²) in [4.78, 5) is 11.5. The van der Waals surface area contributed by atoms with E-state index in [1.54, 1.807) is 7.11 Å². The fourth-order valence-corrected chi connectivity index (χ4v) is 1.89. The highest BCUT2D eigenvalue weighted by atomic mass is 79.9. The first-order chi connectivity index (χ1) is 8.81. The van der Waals surface area contributed by atoms with Crippen molar-refractivity contribution in [3.63, 3.8) is 0 Å². The zero-order valence-electron chi connectivity index (χ0n) is 11.7. The van der Waals surface area contributed by atoms with Crippen LogP contribution in [0.5, 0.6) is 5.75 Å². The molecule has 1 rings (SSSR count). The summed E-state index contributed by atoms with van der Waals surface area (Å²) in [5.74, 6) is 0.787. The Labute approximate surface area is 122 Å². The molecule has 0 spiro atoms. The molecule has 0 unspecified atom stereocenters. The molecule has 1 aromatic rings. The molecule has 0 saturated carbocycles. The summed E-state index contributed by atoms with van der Waals surface area (Å²) in [6.45, 7) is 6.05. The van der Waals surface area contributed by atoms with Crippen molar-refractivity contribution in [2.24, 2.45) is 0 Å². The quantitative estimate of drug-likeness (QED) is 0.919. The molecule has 0 aliphatic carbocycles. The van der Waals surface area contributed by atoms with Gasteiger partial charge >= 0.3 is 6.09 Å². The highest BCUT2D eigenvalue weighted by Gasteiger charge is 2.15. The smallest absolute Gasteiger partial charge is 0.407 e. The number of carbonyl (C=O) groups excluding carboxylic acids is 1. The summed E-state index contributed by atoms with van der Waals surface area (Å²) >= 11 is 3.40. The minimum Gasteiger partial charge on any atom is -0.496 e. The number of nitrogens with one attached hydrogen (secondary N) is 1. The zero-order valence-corrected chi connectivity index (χ0v) is 13.3. The molecule has 1 aromatic carbocycles. The first-order valence-corrected chi connectivity index (χ1v) is 6.90. The van der Waals surface area contributed by atoms with Gasteiger partial charge in [0.05, 0.1) is 11.6 Å². The van der Waals surface area contributed by atoms with Crippen molar-refractivity contribution < 1.29 is 14.3 Å². The van der Waals surface area contributed by atoms with Crippen molar-refractivity contribution in [1.82, 2.24) is 5.32 Å². The molecule has 0 aliphatic rings. The van der Waals surface area contributed by atoms with Crippen LogP contribution >= 0.6 is 15.9 Å². The number of rotatable bonds is 4. The maximum absolute atomic E-state index is 11.5. The minimum absolute atomic E-state index is 0.392. The highest BCUT2D eigenvalue weighted by Crippen LogP contribution is 2.25. The van der Waals surface area contributed by atoms with Crippen LogP contribution in [0.1, 0.15) is 26.3 Å². The van der Waals surface area contributed by atoms with Crippen LogP contribution in [0, 0.1) is 0 Å². The average molecular weight is 330 g/mol. The number of ether oxygens (including phenoxy) is 2. The average Bonchev–Trinajstić information content (AvgIpc) is 2.29. The Balaban J connectivity index is 2.43. The molecule has 0 atom stereocenters. The second kappa shape index (κ2) is 6.80. The number of hydrogen-bond donors (Lipinski definition) is 1. The number of benzene rings is 1. The van der Waals surface area contributed by atoms with Crippen molar-refractivity contribution in [1.29, 1.82) is 0 Å². The van der Waals surface area contributed by atoms with Gasteiger partial charge in [-0.05, 0) is 60.8 Å². The molecule has 106 valence electrons. The largest absolute Gasteiger partial charge is 0.496 e. The lowest BCUT2D eigenvalue weighted by atomic mass is 10.1. The Morgan fingerprint density at radius 1 is 1.37 bits per heavy atom. The van der Waals surface area contributed by atoms with E-state index in [9.17, 15) is 4.79 Å². The number of amides is 1. The summed E-state index contributed by atoms with van der Waals surface area (Å²) in [6, 6.07) is 5.87. The van der Waals surface area contributed by atoms with Gasteiger partial charge in [0.2, 0.25) is 0 Å². The Hall–Kier alpha value is -1.23. The Bertz CT molecular complexity index is 441. The monoisotopic (exact) mass is 329 g/mol. The molecule has 1 amide bonds. The van der Waals surface area contributed by atoms with Crippen molar-refractivity contribution in [2.75, 3.05) is 13.7 Å². The van der Waals surface area contributed by atoms with Gasteiger partial charge in [0.25, 0.3) is 0 Å². The fraction of sp³-hybridized carbons (Fsp3) is 0.500. The molecule has 0 saturated heterocycles. The third kappa shape index (κ3) is 5.96. The van der Waals surface area contributed by atoms with E-state index in [0.717, 1.165) is 22.2 Å². The molecule has 0 aliphatic heterocycles. The molecule has 4 nitrogen and oxygen atoms in total. The summed E-state index contributed by atoms with van der Waals surface area (Å²) in [5, 5.41) is 2.73. The van der Waals surface area contributed by atoms with Gasteiger partial charge in [-0.3, -0.25) is 0 Å². The maximum Gasteiger partial charge on any atom is 0.407 e. The van der Waals surface area contributed by atoms with Gasteiger partial charge < -0.3 is 14.8 Å². The van der Waals surface area contributed by atoms with Gasteiger partial charge in [-0.25, -0.2) is 4.79 Å². The molecule has 5 heteroatoms. The molecule has 0 aromatic heterocycles. The van der Waals surface area contributed by atoms with E-state index in [-0.39, 0.29) is 0 Å². The lowest BCUT2D eigenvalue weighted by Crippen LogP contribution is -2.33. The number of halogens is 1. The number of alkyl carbamates (subject to hydrolysis) is 1. The Morgan fingerprint density at radius 2 is 2.05 bits per heavy atom. The predicted molar refractivity (Wildman–Crippen MR) is 78.6 cm³/mol. The molecular weight excluding hydrogens is 310 g/mol. The first-order valence-electron chi connectivity index (χ1n) is 6.11. The summed E-state index contributed by atoms with van der Waals surface area (Å²) in [6.07, 6.45) is 0.333. The second-order valence-corrected chi connectivity index (χ2v) is 6.00. The number of methoxy groups -OCH3 is 1. The Morgan fingerprint density at radius 3 is 2.63 bits per heavy atom. The lowest BCUT2D eigenvalue weighted by molar-refractivity contribution is 0.0528. The van der Waals surface area contributed by atoms with E-state index < -0.39 is 11.7 Å². The molecule has 19 heavy (non-hydrogen) atoms. The molecule has 0 bridgehead atoms. The number of hydrogen-bond acceptors (Lipinski definition) is 3. The maximum atomic E-state index is 11.5. The van der Waals surface area contributed by atoms with Gasteiger partial charge in [-0.2, -0.15) is 0 Å². The van der Waals surface area contributed by atoms with Crippen LogP contribution in [0.25, 0.3) is 0 Å². The lowest BCUT2D eigenvalue weighted by Gasteiger charge is -2.19. The topological polar surface area (TPSA) is 47.6 Å². The second-order valence-electron chi connectivity index (χ2n) is 5.15. The molecule has 1 N–H and O–H groups in total. The fourth-order valence-electron chi connectivity index (χ4n) is 1.48. The van der Waals surface area contributed by atoms with E-state index in [0.29, 0.717) is 6.54 Å². The van der Waals surface area contributed by atoms with E-state index in [4.69, 9.17) is 9.47 Å². The normalized spacial score (nSPS) is 11.0. The van der Waals surface area contributed by atoms with Crippen LogP contribution in [0.3, 0.4) is 0 Å². The van der Waals surface area contributed by atoms with E-state index >= 15 is 0 Å². The zero-order chi connectivity index (χ0) is 14.5. The minimum atomic E-state index is -0.467. The van der Waals surface area contributed by atoms with Crippen LogP contribution in [0.4, 0.5) is 4.79 Å². The molecule has 0 fully saturated rings. The van der Waals surface area contributed by atoms with Crippen molar-refractivity contribution >= 4 is 22.0 Å². The van der Waals surface area contributed by atoms with Gasteiger partial charge in [0.15, 0.2) is 0 Å². The van der Waals surface area contributed by atoms with Crippen molar-refractivity contribution in [3.05, 3.63) is 28.2 Å². The Kier molecular flexibility index (Phi) is 5.66. The van der Waals surface area contributed by atoms with Crippen LogP contribution in [0.15, 0.2) is 22.7 Å². The van der Waals surface area contributed by atoms with E-state index in [1.807, 2.05) is 39.0 Å². The van der Waals surface area contributed by atoms with Crippen LogP contribution in [-0.4, -0.2) is 25.3 Å². The third-order valence-electron chi connectivity index (χ3n) is 2.30. The van der Waals surface area contributed by atoms with Crippen LogP contribution in [0.2, 0.25) is 0 Å². The predicted octanol–water partition coefficient (Wildman–Crippen LogP) is 3.52. The highest BCUT2D eigenvalue weighted by molar-refractivity contribution is 9.10. The summed E-state index contributed by atoms with van der Waals surface area (Å²) < 4.78 is 11.3. The van der Waals surface area contributed by atoms with Crippen LogP contribution < -0.4 is 10.1 Å². The molecule has 0 heterocycles. The van der Waals surface area contributed by atoms with Gasteiger partial charge in [-0.1, -0.05) is 6.07 Å². The third-order valence-corrected chi connectivity index (χ3v) is 2.95. The van der Waals surface area contributed by atoms with E-state index in [1.165, 1.54) is 0 Å². The SMILES string of the molecule is COc1cc(CCNC(=O)OC(C)(C)C)ccc1Br. The van der Waals surface area contributed by atoms with Crippen molar-refractivity contribution in [2.45, 2.75) is 32.8 Å². The first kappa shape index (κ1) is 15.8. The van der Waals surface area contributed by atoms with Gasteiger partial charge in [0.1, 0.15) is 11.4 Å². The van der Waals surface area contributed by atoms with Crippen LogP contribution in [-0.2, 0) is 11.2 Å². The summed E-state index contributed by atoms with van der Waals surface area (Å²) in [5.41, 5.74) is 0.626. The molecular formula is C14H20BrNO3. The molecule has 0 radical (unpaired) electrons. The summed E-state index contributed by atoms with van der Waals surface area (Å²) in [7, 11) is 1.63. The standard InChI is InChI=1S/C14H20BrNO3/c1-14(2,3)19-13(17)16-8-7-10-5-6-11(15)12(9-10)18-4/h5-6,9H,7-8H2,1-4H3,(H,16,17). The van der Waals surface area contributed by atoms with Gasteiger partial charge in [0, 0.05) is 6.54 Å².